The first-order valence-corrected chi connectivity index (χ1v) is 10.9. The van der Waals surface area contributed by atoms with Crippen molar-refractivity contribution in [3.63, 3.8) is 0 Å². The predicted molar refractivity (Wildman–Crippen MR) is 117 cm³/mol. The number of likely N-dealkylation sites (tertiary alicyclic amines) is 1. The summed E-state index contributed by atoms with van der Waals surface area (Å²) in [6, 6.07) is 11.2. The minimum Gasteiger partial charge on any atom is -0.497 e. The Balaban J connectivity index is 1.36. The monoisotopic (exact) mass is 409 g/mol. The molecule has 0 unspecified atom stereocenters. The van der Waals surface area contributed by atoms with Crippen molar-refractivity contribution in [1.82, 2.24) is 14.9 Å². The molecule has 0 N–H and O–H groups in total. The second kappa shape index (κ2) is 8.04. The number of aryl methyl sites for hydroxylation is 1. The minimum absolute atomic E-state index is 0.438. The summed E-state index contributed by atoms with van der Waals surface area (Å²) in [6.45, 7) is 8.49. The highest BCUT2D eigenvalue weighted by molar-refractivity contribution is 5.48. The first-order chi connectivity index (χ1) is 14.6. The van der Waals surface area contributed by atoms with Gasteiger partial charge in [-0.3, -0.25) is 4.90 Å². The molecule has 3 aliphatic heterocycles. The number of aromatic nitrogens is 2. The summed E-state index contributed by atoms with van der Waals surface area (Å²) in [4.78, 5) is 16.9. The number of fused-ring (bicyclic) bond motifs is 1. The van der Waals surface area contributed by atoms with Gasteiger partial charge in [0.1, 0.15) is 11.6 Å². The number of hydrogen-bond acceptors (Lipinski definition) is 7. The molecule has 0 aliphatic carbocycles. The van der Waals surface area contributed by atoms with Crippen LogP contribution >= 0.6 is 0 Å². The Labute approximate surface area is 178 Å². The Hall–Kier alpha value is -2.38. The maximum atomic E-state index is 5.49. The highest BCUT2D eigenvalue weighted by atomic mass is 16.5. The van der Waals surface area contributed by atoms with Crippen LogP contribution in [-0.2, 0) is 4.74 Å². The SMILES string of the molecule is COc1ccc([C@H]2[C@@H]3CN(c4cc(C)nc(N5CCOCC5)n4)C[C@@H]3CN2C)cc1. The fraction of sp³-hybridized carbons (Fsp3) is 0.565. The molecule has 0 spiro atoms. The van der Waals surface area contributed by atoms with E-state index in [1.165, 1.54) is 5.56 Å². The van der Waals surface area contributed by atoms with Gasteiger partial charge in [-0.05, 0) is 37.6 Å². The van der Waals surface area contributed by atoms with Gasteiger partial charge < -0.3 is 19.3 Å². The quantitative estimate of drug-likeness (QED) is 0.768. The van der Waals surface area contributed by atoms with Gasteiger partial charge in [0, 0.05) is 56.4 Å². The number of anilines is 2. The lowest BCUT2D eigenvalue weighted by molar-refractivity contribution is 0.122. The molecule has 3 aliphatic rings. The summed E-state index contributed by atoms with van der Waals surface area (Å²) in [5, 5.41) is 0. The first kappa shape index (κ1) is 19.6. The second-order valence-electron chi connectivity index (χ2n) is 8.75. The average molecular weight is 410 g/mol. The molecule has 7 heteroatoms. The zero-order valence-corrected chi connectivity index (χ0v) is 18.1. The van der Waals surface area contributed by atoms with Crippen molar-refractivity contribution in [2.75, 3.05) is 69.9 Å². The van der Waals surface area contributed by atoms with Crippen LogP contribution in [0.1, 0.15) is 17.3 Å². The van der Waals surface area contributed by atoms with E-state index in [9.17, 15) is 0 Å². The topological polar surface area (TPSA) is 54.0 Å². The van der Waals surface area contributed by atoms with E-state index in [1.807, 2.05) is 0 Å². The van der Waals surface area contributed by atoms with Crippen LogP contribution < -0.4 is 14.5 Å². The lowest BCUT2D eigenvalue weighted by Crippen LogP contribution is -2.38. The molecule has 5 rings (SSSR count). The smallest absolute Gasteiger partial charge is 0.227 e. The number of benzene rings is 1. The summed E-state index contributed by atoms with van der Waals surface area (Å²) in [5.41, 5.74) is 2.41. The van der Waals surface area contributed by atoms with Crippen molar-refractivity contribution >= 4 is 11.8 Å². The summed E-state index contributed by atoms with van der Waals surface area (Å²) >= 11 is 0. The normalized spacial score (nSPS) is 26.8. The van der Waals surface area contributed by atoms with Gasteiger partial charge in [0.15, 0.2) is 0 Å². The molecule has 0 bridgehead atoms. The van der Waals surface area contributed by atoms with E-state index in [0.29, 0.717) is 17.9 Å². The predicted octanol–water partition coefficient (Wildman–Crippen LogP) is 2.37. The molecular weight excluding hydrogens is 378 g/mol. The molecule has 30 heavy (non-hydrogen) atoms. The molecule has 7 nitrogen and oxygen atoms in total. The Morgan fingerprint density at radius 1 is 1.00 bits per heavy atom. The van der Waals surface area contributed by atoms with Crippen LogP contribution in [0.2, 0.25) is 0 Å². The Bertz CT molecular complexity index is 884. The standard InChI is InChI=1S/C23H31N5O2/c1-16-12-21(25-23(24-16)27-8-10-30-11-9-27)28-14-18-13-26(2)22(20(18)15-28)17-4-6-19(29-3)7-5-17/h4-7,12,18,20,22H,8-11,13-15H2,1-3H3/t18-,20+,22-/m0/s1. The van der Waals surface area contributed by atoms with Crippen LogP contribution in [0.5, 0.6) is 5.75 Å². The van der Waals surface area contributed by atoms with Crippen LogP contribution in [0.15, 0.2) is 30.3 Å². The van der Waals surface area contributed by atoms with E-state index >= 15 is 0 Å². The Morgan fingerprint density at radius 2 is 1.77 bits per heavy atom. The van der Waals surface area contributed by atoms with Crippen molar-refractivity contribution in [3.8, 4) is 5.75 Å². The molecule has 2 aromatic rings. The highest BCUT2D eigenvalue weighted by Crippen LogP contribution is 2.45. The van der Waals surface area contributed by atoms with Crippen molar-refractivity contribution in [2.45, 2.75) is 13.0 Å². The van der Waals surface area contributed by atoms with E-state index < -0.39 is 0 Å². The minimum atomic E-state index is 0.438. The summed E-state index contributed by atoms with van der Waals surface area (Å²) in [6.07, 6.45) is 0. The van der Waals surface area contributed by atoms with Gasteiger partial charge in [-0.15, -0.1) is 0 Å². The number of ether oxygens (including phenoxy) is 2. The van der Waals surface area contributed by atoms with Crippen molar-refractivity contribution in [2.24, 2.45) is 11.8 Å². The third-order valence-corrected chi connectivity index (χ3v) is 6.80. The number of hydrogen-bond donors (Lipinski definition) is 0. The molecule has 1 aromatic carbocycles. The number of methoxy groups -OCH3 is 1. The van der Waals surface area contributed by atoms with E-state index in [2.05, 4.69) is 59.0 Å². The molecule has 1 aromatic heterocycles. The van der Waals surface area contributed by atoms with E-state index in [0.717, 1.165) is 69.1 Å². The van der Waals surface area contributed by atoms with Crippen LogP contribution in [0.25, 0.3) is 0 Å². The van der Waals surface area contributed by atoms with Gasteiger partial charge in [-0.1, -0.05) is 12.1 Å². The van der Waals surface area contributed by atoms with Gasteiger partial charge in [0.05, 0.1) is 20.3 Å². The largest absolute Gasteiger partial charge is 0.497 e. The van der Waals surface area contributed by atoms with E-state index in [-0.39, 0.29) is 0 Å². The van der Waals surface area contributed by atoms with Crippen molar-refractivity contribution in [1.29, 1.82) is 0 Å². The van der Waals surface area contributed by atoms with Crippen LogP contribution in [0, 0.1) is 18.8 Å². The van der Waals surface area contributed by atoms with Gasteiger partial charge in [-0.2, -0.15) is 4.98 Å². The summed E-state index contributed by atoms with van der Waals surface area (Å²) in [5.74, 6) is 4.08. The van der Waals surface area contributed by atoms with Crippen LogP contribution in [0.4, 0.5) is 11.8 Å². The molecule has 0 amide bonds. The van der Waals surface area contributed by atoms with E-state index in [1.54, 1.807) is 7.11 Å². The van der Waals surface area contributed by atoms with Gasteiger partial charge in [-0.25, -0.2) is 4.98 Å². The molecule has 3 fully saturated rings. The molecule has 4 heterocycles. The van der Waals surface area contributed by atoms with Gasteiger partial charge in [0.25, 0.3) is 0 Å². The van der Waals surface area contributed by atoms with Gasteiger partial charge in [0.2, 0.25) is 5.95 Å². The van der Waals surface area contributed by atoms with Crippen molar-refractivity contribution < 1.29 is 9.47 Å². The molecular formula is C23H31N5O2. The fourth-order valence-corrected chi connectivity index (χ4v) is 5.35. The number of morpholine rings is 1. The lowest BCUT2D eigenvalue weighted by Gasteiger charge is -2.29. The Kier molecular flexibility index (Phi) is 5.25. The van der Waals surface area contributed by atoms with Crippen LogP contribution in [0.3, 0.4) is 0 Å². The number of rotatable bonds is 4. The maximum absolute atomic E-state index is 5.49. The zero-order chi connectivity index (χ0) is 20.7. The molecule has 0 saturated carbocycles. The highest BCUT2D eigenvalue weighted by Gasteiger charge is 2.46. The van der Waals surface area contributed by atoms with Crippen molar-refractivity contribution in [3.05, 3.63) is 41.6 Å². The third-order valence-electron chi connectivity index (χ3n) is 6.80. The first-order valence-electron chi connectivity index (χ1n) is 10.9. The summed E-state index contributed by atoms with van der Waals surface area (Å²) in [7, 11) is 3.97. The van der Waals surface area contributed by atoms with Crippen LogP contribution in [-0.4, -0.2) is 75.0 Å². The average Bonchev–Trinajstić information content (AvgIpc) is 3.31. The molecule has 160 valence electrons. The molecule has 3 atom stereocenters. The number of nitrogens with zero attached hydrogens (tertiary/aromatic N) is 5. The lowest BCUT2D eigenvalue weighted by atomic mass is 9.89. The maximum Gasteiger partial charge on any atom is 0.227 e. The molecule has 0 radical (unpaired) electrons. The second-order valence-corrected chi connectivity index (χ2v) is 8.75. The fourth-order valence-electron chi connectivity index (χ4n) is 5.35. The Morgan fingerprint density at radius 3 is 2.50 bits per heavy atom. The van der Waals surface area contributed by atoms with Gasteiger partial charge >= 0.3 is 0 Å². The molecule has 3 saturated heterocycles. The van der Waals surface area contributed by atoms with E-state index in [4.69, 9.17) is 19.4 Å². The summed E-state index contributed by atoms with van der Waals surface area (Å²) < 4.78 is 10.8. The third kappa shape index (κ3) is 3.61. The zero-order valence-electron chi connectivity index (χ0n) is 18.1.